The maximum atomic E-state index is 13.6. The van der Waals surface area contributed by atoms with E-state index in [0.717, 1.165) is 22.3 Å². The van der Waals surface area contributed by atoms with Crippen LogP contribution in [0.3, 0.4) is 0 Å². The number of fused-ring (bicyclic) bond motifs is 1. The molecule has 2 aromatic carbocycles. The minimum atomic E-state index is -2.65. The standard InChI is InChI=1S/C31H28F3N5O/c1-3-26(10-4-20(2)22-5-8-25(32)9-6-22)36-30(40)29-27-15-23(7-11-28(27)37-38-29)24-14-21(16-35-17-24)18-39-13-12-31(33,34)19-39/h3-11,14-17H,2,12-13,18-19H2,1H3,(H,36,40)(H,37,38)/b10-4-,26-3+. The van der Waals surface area contributed by atoms with Gasteiger partial charge in [0.25, 0.3) is 11.8 Å². The summed E-state index contributed by atoms with van der Waals surface area (Å²) in [6.07, 6.45) is 8.48. The Morgan fingerprint density at radius 3 is 2.65 bits per heavy atom. The number of likely N-dealkylation sites (tertiary alicyclic amines) is 1. The zero-order valence-corrected chi connectivity index (χ0v) is 21.9. The Morgan fingerprint density at radius 2 is 1.93 bits per heavy atom. The number of H-pyrrole nitrogens is 1. The molecule has 204 valence electrons. The summed E-state index contributed by atoms with van der Waals surface area (Å²) in [4.78, 5) is 19.2. The monoisotopic (exact) mass is 543 g/mol. The first-order chi connectivity index (χ1) is 19.2. The van der Waals surface area contributed by atoms with E-state index in [4.69, 9.17) is 0 Å². The van der Waals surface area contributed by atoms with Gasteiger partial charge in [-0.3, -0.25) is 19.8 Å². The number of nitrogens with one attached hydrogen (secondary N) is 2. The van der Waals surface area contributed by atoms with Gasteiger partial charge in [-0.2, -0.15) is 5.10 Å². The smallest absolute Gasteiger partial charge is 0.276 e. The van der Waals surface area contributed by atoms with Gasteiger partial charge in [0.15, 0.2) is 5.69 Å². The van der Waals surface area contributed by atoms with Gasteiger partial charge in [0, 0.05) is 48.6 Å². The Labute approximate surface area is 229 Å². The van der Waals surface area contributed by atoms with Crippen LogP contribution in [0.4, 0.5) is 13.2 Å². The largest absolute Gasteiger partial charge is 0.321 e. The van der Waals surface area contributed by atoms with Crippen LogP contribution in [0.5, 0.6) is 0 Å². The van der Waals surface area contributed by atoms with Crippen molar-refractivity contribution in [1.29, 1.82) is 0 Å². The Bertz CT molecular complexity index is 1620. The number of halogens is 3. The van der Waals surface area contributed by atoms with Crippen LogP contribution < -0.4 is 5.32 Å². The van der Waals surface area contributed by atoms with Gasteiger partial charge in [-0.25, -0.2) is 13.2 Å². The molecule has 1 aliphatic rings. The third-order valence-corrected chi connectivity index (χ3v) is 6.81. The molecule has 2 aromatic heterocycles. The lowest BCUT2D eigenvalue weighted by Crippen LogP contribution is -2.24. The average Bonchev–Trinajstić information content (AvgIpc) is 3.53. The molecule has 0 atom stereocenters. The van der Waals surface area contributed by atoms with Gasteiger partial charge < -0.3 is 5.32 Å². The predicted molar refractivity (Wildman–Crippen MR) is 150 cm³/mol. The molecule has 0 saturated carbocycles. The molecule has 6 nitrogen and oxygen atoms in total. The zero-order chi connectivity index (χ0) is 28.3. The number of nitrogens with zero attached hydrogens (tertiary/aromatic N) is 3. The van der Waals surface area contributed by atoms with E-state index in [1.54, 1.807) is 54.6 Å². The normalized spacial score (nSPS) is 15.7. The number of benzene rings is 2. The van der Waals surface area contributed by atoms with Gasteiger partial charge in [-0.15, -0.1) is 0 Å². The average molecular weight is 544 g/mol. The summed E-state index contributed by atoms with van der Waals surface area (Å²) in [7, 11) is 0. The first-order valence-electron chi connectivity index (χ1n) is 12.8. The molecule has 1 aliphatic heterocycles. The highest BCUT2D eigenvalue weighted by atomic mass is 19.3. The Morgan fingerprint density at radius 1 is 1.12 bits per heavy atom. The Balaban J connectivity index is 1.32. The number of aromatic nitrogens is 3. The van der Waals surface area contributed by atoms with E-state index in [-0.39, 0.29) is 24.5 Å². The van der Waals surface area contributed by atoms with Crippen molar-refractivity contribution < 1.29 is 18.0 Å². The number of amides is 1. The van der Waals surface area contributed by atoms with Gasteiger partial charge >= 0.3 is 0 Å². The van der Waals surface area contributed by atoms with Gasteiger partial charge in [-0.05, 0) is 65.6 Å². The van der Waals surface area contributed by atoms with Crippen molar-refractivity contribution in [2.75, 3.05) is 13.1 Å². The second-order valence-corrected chi connectivity index (χ2v) is 9.79. The number of rotatable bonds is 8. The SMILES string of the molecule is C=C(/C=C\C(=C/C)NC(=O)c1n[nH]c2ccc(-c3cncc(CN4CCC(F)(F)C4)c3)cc12)c1ccc(F)cc1. The van der Waals surface area contributed by atoms with E-state index in [0.29, 0.717) is 35.3 Å². The van der Waals surface area contributed by atoms with Crippen molar-refractivity contribution in [1.82, 2.24) is 25.4 Å². The van der Waals surface area contributed by atoms with E-state index in [1.807, 2.05) is 24.3 Å². The number of pyridine rings is 1. The molecule has 1 amide bonds. The number of carbonyl (C=O) groups excluding carboxylic acids is 1. The summed E-state index contributed by atoms with van der Waals surface area (Å²) in [5.74, 6) is -3.36. The summed E-state index contributed by atoms with van der Waals surface area (Å²) in [6, 6.07) is 13.5. The molecule has 1 fully saturated rings. The maximum absolute atomic E-state index is 13.6. The third kappa shape index (κ3) is 6.21. The molecular weight excluding hydrogens is 515 g/mol. The first-order valence-corrected chi connectivity index (χ1v) is 12.8. The van der Waals surface area contributed by atoms with Gasteiger partial charge in [0.05, 0.1) is 12.1 Å². The molecule has 0 bridgehead atoms. The molecule has 3 heterocycles. The third-order valence-electron chi connectivity index (χ3n) is 6.81. The molecule has 0 spiro atoms. The highest BCUT2D eigenvalue weighted by molar-refractivity contribution is 6.06. The fourth-order valence-electron chi connectivity index (χ4n) is 4.65. The number of hydrogen-bond acceptors (Lipinski definition) is 4. The lowest BCUT2D eigenvalue weighted by Gasteiger charge is -2.15. The highest BCUT2D eigenvalue weighted by Gasteiger charge is 2.37. The number of hydrogen-bond donors (Lipinski definition) is 2. The molecule has 5 rings (SSSR count). The fraction of sp³-hybridized carbons (Fsp3) is 0.194. The van der Waals surface area contributed by atoms with E-state index < -0.39 is 11.8 Å². The van der Waals surface area contributed by atoms with Gasteiger partial charge in [0.1, 0.15) is 5.82 Å². The second-order valence-electron chi connectivity index (χ2n) is 9.79. The summed E-state index contributed by atoms with van der Waals surface area (Å²) in [6.45, 7) is 6.29. The number of aromatic amines is 1. The molecule has 9 heteroatoms. The van der Waals surface area contributed by atoms with Crippen LogP contribution in [-0.2, 0) is 6.54 Å². The Hall–Kier alpha value is -4.50. The second kappa shape index (κ2) is 11.3. The van der Waals surface area contributed by atoms with Crippen LogP contribution in [-0.4, -0.2) is 45.0 Å². The molecule has 0 aliphatic carbocycles. The topological polar surface area (TPSA) is 73.9 Å². The lowest BCUT2D eigenvalue weighted by molar-refractivity contribution is 0.0115. The van der Waals surface area contributed by atoms with Crippen molar-refractivity contribution >= 4 is 22.4 Å². The van der Waals surface area contributed by atoms with Crippen LogP contribution in [0.25, 0.3) is 27.6 Å². The van der Waals surface area contributed by atoms with Crippen LogP contribution in [0, 0.1) is 5.82 Å². The number of alkyl halides is 2. The fourth-order valence-corrected chi connectivity index (χ4v) is 4.65. The van der Waals surface area contributed by atoms with Crippen molar-refractivity contribution in [2.45, 2.75) is 25.8 Å². The molecule has 2 N–H and O–H groups in total. The predicted octanol–water partition coefficient (Wildman–Crippen LogP) is 6.51. The summed E-state index contributed by atoms with van der Waals surface area (Å²) < 4.78 is 40.4. The van der Waals surface area contributed by atoms with Crippen LogP contribution in [0.15, 0.2) is 91.4 Å². The van der Waals surface area contributed by atoms with E-state index in [9.17, 15) is 18.0 Å². The van der Waals surface area contributed by atoms with E-state index in [2.05, 4.69) is 27.1 Å². The minimum Gasteiger partial charge on any atom is -0.321 e. The van der Waals surface area contributed by atoms with Gasteiger partial charge in [-0.1, -0.05) is 36.9 Å². The quantitative estimate of drug-likeness (QED) is 0.249. The number of allylic oxidation sites excluding steroid dienone is 4. The van der Waals surface area contributed by atoms with Crippen molar-refractivity contribution in [2.24, 2.45) is 0 Å². The van der Waals surface area contributed by atoms with Crippen LogP contribution in [0.2, 0.25) is 0 Å². The molecule has 4 aromatic rings. The van der Waals surface area contributed by atoms with Crippen molar-refractivity contribution in [3.63, 3.8) is 0 Å². The zero-order valence-electron chi connectivity index (χ0n) is 21.9. The lowest BCUT2D eigenvalue weighted by atomic mass is 10.0. The minimum absolute atomic E-state index is 0.129. The summed E-state index contributed by atoms with van der Waals surface area (Å²) >= 11 is 0. The molecule has 40 heavy (non-hydrogen) atoms. The molecule has 0 radical (unpaired) electrons. The number of carbonyl (C=O) groups is 1. The first kappa shape index (κ1) is 27.1. The van der Waals surface area contributed by atoms with E-state index >= 15 is 0 Å². The molecular formula is C31H28F3N5O. The van der Waals surface area contributed by atoms with Crippen molar-refractivity contribution in [3.8, 4) is 11.1 Å². The van der Waals surface area contributed by atoms with Crippen LogP contribution in [0.1, 0.15) is 35.0 Å². The maximum Gasteiger partial charge on any atom is 0.276 e. The van der Waals surface area contributed by atoms with Gasteiger partial charge in [0.2, 0.25) is 0 Å². The van der Waals surface area contributed by atoms with Crippen LogP contribution >= 0.6 is 0 Å². The highest BCUT2D eigenvalue weighted by Crippen LogP contribution is 2.29. The van der Waals surface area contributed by atoms with E-state index in [1.165, 1.54) is 12.1 Å². The summed E-state index contributed by atoms with van der Waals surface area (Å²) in [5, 5.41) is 10.6. The van der Waals surface area contributed by atoms with Crippen molar-refractivity contribution in [3.05, 3.63) is 114 Å². The summed E-state index contributed by atoms with van der Waals surface area (Å²) in [5.41, 5.74) is 5.38. The Kier molecular flexibility index (Phi) is 7.66. The molecule has 1 saturated heterocycles. The molecule has 0 unspecified atom stereocenters.